The second-order valence-corrected chi connectivity index (χ2v) is 15.4. The molecule has 0 amide bonds. The first kappa shape index (κ1) is 31.9. The Hall–Kier alpha value is -7.41. The Bertz CT molecular complexity index is 3530. The molecule has 0 aliphatic carbocycles. The van der Waals surface area contributed by atoms with Gasteiger partial charge in [-0.05, 0) is 59.7 Å². The first-order valence-electron chi connectivity index (χ1n) is 19.0. The van der Waals surface area contributed by atoms with Crippen molar-refractivity contribution in [1.29, 1.82) is 0 Å². The lowest BCUT2D eigenvalue weighted by Crippen LogP contribution is -2.00. The quantitative estimate of drug-likeness (QED) is 0.176. The summed E-state index contributed by atoms with van der Waals surface area (Å²) >= 11 is 1.80. The Morgan fingerprint density at radius 1 is 0.404 bits per heavy atom. The summed E-state index contributed by atoms with van der Waals surface area (Å²) in [5.41, 5.74) is 10.2. The molecule has 0 saturated carbocycles. The first-order valence-corrected chi connectivity index (χ1v) is 19.8. The Morgan fingerprint density at radius 3 is 1.93 bits per heavy atom. The third kappa shape index (κ3) is 5.04. The van der Waals surface area contributed by atoms with Crippen LogP contribution in [0, 0.1) is 0 Å². The molecule has 0 atom stereocenters. The SMILES string of the molecule is c1ccc(-c2nc(-c3ccc4c(c3)sc3cccc(-c5ccc6c7ccccc7n(-c7ccccc7)c6c5)c34)nc(-c3cccc4c3oc3ccccc34)n2)cc1. The van der Waals surface area contributed by atoms with Crippen LogP contribution in [0.25, 0.3) is 115 Å². The number of thiophene rings is 1. The minimum atomic E-state index is 0.575. The van der Waals surface area contributed by atoms with Gasteiger partial charge in [0.2, 0.25) is 0 Å². The third-order valence-corrected chi connectivity index (χ3v) is 12.2. The molecule has 0 unspecified atom stereocenters. The second kappa shape index (κ2) is 12.6. The summed E-state index contributed by atoms with van der Waals surface area (Å²) < 4.78 is 11.2. The summed E-state index contributed by atoms with van der Waals surface area (Å²) in [6.45, 7) is 0. The van der Waals surface area contributed by atoms with Gasteiger partial charge in [0, 0.05) is 58.5 Å². The van der Waals surface area contributed by atoms with E-state index in [0.717, 1.165) is 44.3 Å². The van der Waals surface area contributed by atoms with Crippen molar-refractivity contribution in [3.63, 3.8) is 0 Å². The fourth-order valence-corrected chi connectivity index (χ4v) is 9.64. The Morgan fingerprint density at radius 2 is 1.05 bits per heavy atom. The van der Waals surface area contributed by atoms with Crippen molar-refractivity contribution in [1.82, 2.24) is 19.5 Å². The lowest BCUT2D eigenvalue weighted by atomic mass is 9.98. The Balaban J connectivity index is 1.02. The predicted octanol–water partition coefficient (Wildman–Crippen LogP) is 13.9. The zero-order valence-electron chi connectivity index (χ0n) is 30.4. The molecule has 0 aliphatic heterocycles. The van der Waals surface area contributed by atoms with Gasteiger partial charge >= 0.3 is 0 Å². The van der Waals surface area contributed by atoms with E-state index in [-0.39, 0.29) is 0 Å². The monoisotopic (exact) mass is 746 g/mol. The Labute approximate surface area is 330 Å². The fraction of sp³-hybridized carbons (Fsp3) is 0. The number of hydrogen-bond donors (Lipinski definition) is 0. The number of fused-ring (bicyclic) bond motifs is 9. The lowest BCUT2D eigenvalue weighted by molar-refractivity contribution is 0.669. The standard InChI is InChI=1S/C51H30N4OS/c1-3-13-31(14-4-1)49-52-50(54-51(53-49)41-21-11-20-39-38-18-8-10-23-44(38)56-48(39)41)33-26-28-40-46(30-33)57-45-24-12-19-35(47(40)45)32-25-27-37-36-17-7-9-22-42(36)55(43(37)29-32)34-15-5-2-6-16-34/h1-30H. The average Bonchev–Trinajstić information content (AvgIpc) is 3.96. The van der Waals surface area contributed by atoms with Crippen LogP contribution in [0.3, 0.4) is 0 Å². The van der Waals surface area contributed by atoms with Crippen molar-refractivity contribution in [2.75, 3.05) is 0 Å². The van der Waals surface area contributed by atoms with E-state index in [1.54, 1.807) is 11.3 Å². The van der Waals surface area contributed by atoms with Crippen molar-refractivity contribution >= 4 is 75.3 Å². The maximum absolute atomic E-state index is 6.44. The molecule has 0 fully saturated rings. The van der Waals surface area contributed by atoms with Gasteiger partial charge in [0.25, 0.3) is 0 Å². The number of rotatable bonds is 5. The minimum Gasteiger partial charge on any atom is -0.455 e. The van der Waals surface area contributed by atoms with Crippen molar-refractivity contribution in [3.05, 3.63) is 182 Å². The smallest absolute Gasteiger partial charge is 0.167 e. The molecule has 0 N–H and O–H groups in total. The lowest BCUT2D eigenvalue weighted by Gasteiger charge is -2.10. The normalized spacial score (nSPS) is 11.9. The van der Waals surface area contributed by atoms with E-state index >= 15 is 0 Å². The molecule has 12 aromatic rings. The molecule has 0 aliphatic rings. The highest BCUT2D eigenvalue weighted by atomic mass is 32.1. The maximum Gasteiger partial charge on any atom is 0.167 e. The highest BCUT2D eigenvalue weighted by Gasteiger charge is 2.20. The van der Waals surface area contributed by atoms with Crippen LogP contribution in [0.4, 0.5) is 0 Å². The molecule has 0 spiro atoms. The summed E-state index contributed by atoms with van der Waals surface area (Å²) in [6, 6.07) is 63.9. The minimum absolute atomic E-state index is 0.575. The molecule has 266 valence electrons. The van der Waals surface area contributed by atoms with Crippen molar-refractivity contribution < 1.29 is 4.42 Å². The van der Waals surface area contributed by atoms with Gasteiger partial charge in [-0.3, -0.25) is 0 Å². The largest absolute Gasteiger partial charge is 0.455 e. The van der Waals surface area contributed by atoms with Crippen molar-refractivity contribution in [2.24, 2.45) is 0 Å². The average molecular weight is 747 g/mol. The molecule has 5 nitrogen and oxygen atoms in total. The van der Waals surface area contributed by atoms with Gasteiger partial charge in [-0.1, -0.05) is 133 Å². The van der Waals surface area contributed by atoms with Crippen molar-refractivity contribution in [3.8, 4) is 51.0 Å². The molecule has 6 heteroatoms. The number of hydrogen-bond acceptors (Lipinski definition) is 5. The van der Waals surface area contributed by atoms with Gasteiger partial charge in [0.15, 0.2) is 17.5 Å². The van der Waals surface area contributed by atoms with Crippen LogP contribution in [0.1, 0.15) is 0 Å². The topological polar surface area (TPSA) is 56.7 Å². The number of furan rings is 1. The zero-order valence-corrected chi connectivity index (χ0v) is 31.2. The fourth-order valence-electron chi connectivity index (χ4n) is 8.46. The second-order valence-electron chi connectivity index (χ2n) is 14.4. The summed E-state index contributed by atoms with van der Waals surface area (Å²) in [7, 11) is 0. The van der Waals surface area contributed by atoms with Crippen LogP contribution in [-0.2, 0) is 0 Å². The molecule has 0 radical (unpaired) electrons. The first-order chi connectivity index (χ1) is 28.2. The van der Waals surface area contributed by atoms with Crippen LogP contribution >= 0.6 is 11.3 Å². The summed E-state index contributed by atoms with van der Waals surface area (Å²) in [5, 5.41) is 7.06. The number of para-hydroxylation sites is 4. The van der Waals surface area contributed by atoms with E-state index in [1.807, 2.05) is 60.7 Å². The van der Waals surface area contributed by atoms with Gasteiger partial charge in [0.1, 0.15) is 11.2 Å². The van der Waals surface area contributed by atoms with E-state index in [4.69, 9.17) is 19.4 Å². The number of benzene rings is 8. The highest BCUT2D eigenvalue weighted by Crippen LogP contribution is 2.43. The molecule has 4 aromatic heterocycles. The maximum atomic E-state index is 6.44. The molecule has 0 bridgehead atoms. The Kier molecular flexibility index (Phi) is 7.03. The molecular weight excluding hydrogens is 717 g/mol. The summed E-state index contributed by atoms with van der Waals surface area (Å²) in [4.78, 5) is 15.3. The molecular formula is C51H30N4OS. The van der Waals surface area contributed by atoms with Gasteiger partial charge in [-0.2, -0.15) is 0 Å². The van der Waals surface area contributed by atoms with E-state index in [0.29, 0.717) is 17.5 Å². The van der Waals surface area contributed by atoms with Crippen LogP contribution in [0.5, 0.6) is 0 Å². The van der Waals surface area contributed by atoms with E-state index in [1.165, 1.54) is 53.1 Å². The van der Waals surface area contributed by atoms with Gasteiger partial charge in [-0.25, -0.2) is 15.0 Å². The molecule has 8 aromatic carbocycles. The highest BCUT2D eigenvalue weighted by molar-refractivity contribution is 7.26. The van der Waals surface area contributed by atoms with Crippen LogP contribution in [-0.4, -0.2) is 19.5 Å². The van der Waals surface area contributed by atoms with E-state index in [2.05, 4.69) is 126 Å². The zero-order chi connectivity index (χ0) is 37.5. The summed E-state index contributed by atoms with van der Waals surface area (Å²) in [5.74, 6) is 1.81. The molecule has 4 heterocycles. The summed E-state index contributed by atoms with van der Waals surface area (Å²) in [6.07, 6.45) is 0. The van der Waals surface area contributed by atoms with Crippen LogP contribution < -0.4 is 0 Å². The van der Waals surface area contributed by atoms with Crippen LogP contribution in [0.15, 0.2) is 186 Å². The van der Waals surface area contributed by atoms with Gasteiger partial charge in [0.05, 0.1) is 16.6 Å². The molecule has 57 heavy (non-hydrogen) atoms. The number of aromatic nitrogens is 4. The molecule has 0 saturated heterocycles. The van der Waals surface area contributed by atoms with E-state index in [9.17, 15) is 0 Å². The van der Waals surface area contributed by atoms with Gasteiger partial charge < -0.3 is 8.98 Å². The van der Waals surface area contributed by atoms with Crippen molar-refractivity contribution in [2.45, 2.75) is 0 Å². The van der Waals surface area contributed by atoms with E-state index < -0.39 is 0 Å². The molecule has 12 rings (SSSR count). The third-order valence-electron chi connectivity index (χ3n) is 11.1. The predicted molar refractivity (Wildman–Crippen MR) is 236 cm³/mol. The van der Waals surface area contributed by atoms with Gasteiger partial charge in [-0.15, -0.1) is 11.3 Å². The van der Waals surface area contributed by atoms with Crippen LogP contribution in [0.2, 0.25) is 0 Å². The number of nitrogens with zero attached hydrogens (tertiary/aromatic N) is 4.